The summed E-state index contributed by atoms with van der Waals surface area (Å²) in [6, 6.07) is 20.5. The minimum absolute atomic E-state index is 0.00711. The van der Waals surface area contributed by atoms with Gasteiger partial charge in [0.15, 0.2) is 5.78 Å². The third-order valence-corrected chi connectivity index (χ3v) is 5.22. The molecule has 2 N–H and O–H groups in total. The lowest BCUT2D eigenvalue weighted by Gasteiger charge is -2.21. The Kier molecular flexibility index (Phi) is 7.38. The van der Waals surface area contributed by atoms with Crippen LogP contribution in [0.1, 0.15) is 47.4 Å². The van der Waals surface area contributed by atoms with Gasteiger partial charge in [0.1, 0.15) is 0 Å². The number of fused-ring (bicyclic) bond motifs is 1. The number of Topliss-reactive ketones (excluding diaryl/α,β-unsaturated/α-hetero) is 1. The highest BCUT2D eigenvalue weighted by Crippen LogP contribution is 2.17. The van der Waals surface area contributed by atoms with Gasteiger partial charge in [-0.3, -0.25) is 25.2 Å². The molecule has 0 heterocycles. The molecule has 0 radical (unpaired) electrons. The SMILES string of the molecule is CCN(CC)c1ccc(C(=O)NNC(=O)CCC(=O)c2ccc3ccccc3c2)cc1. The van der Waals surface area contributed by atoms with Gasteiger partial charge in [0.2, 0.25) is 5.91 Å². The molecule has 0 aromatic heterocycles. The second-order valence-electron chi connectivity index (χ2n) is 7.21. The van der Waals surface area contributed by atoms with E-state index < -0.39 is 11.8 Å². The van der Waals surface area contributed by atoms with Crippen LogP contribution in [-0.4, -0.2) is 30.7 Å². The maximum absolute atomic E-state index is 12.4. The van der Waals surface area contributed by atoms with Crippen LogP contribution in [0.5, 0.6) is 0 Å². The van der Waals surface area contributed by atoms with Crippen molar-refractivity contribution in [3.8, 4) is 0 Å². The minimum atomic E-state index is -0.415. The maximum Gasteiger partial charge on any atom is 0.269 e. The molecule has 0 spiro atoms. The molecule has 0 saturated carbocycles. The number of carbonyl (C=O) groups is 3. The maximum atomic E-state index is 12.4. The second-order valence-corrected chi connectivity index (χ2v) is 7.21. The number of anilines is 1. The highest BCUT2D eigenvalue weighted by Gasteiger charge is 2.12. The lowest BCUT2D eigenvalue weighted by atomic mass is 10.0. The molecule has 3 rings (SSSR count). The lowest BCUT2D eigenvalue weighted by molar-refractivity contribution is -0.121. The van der Waals surface area contributed by atoms with Crippen LogP contribution in [0.2, 0.25) is 0 Å². The van der Waals surface area contributed by atoms with Crippen molar-refractivity contribution in [2.45, 2.75) is 26.7 Å². The third-order valence-electron chi connectivity index (χ3n) is 5.22. The van der Waals surface area contributed by atoms with Crippen LogP contribution in [0.25, 0.3) is 10.8 Å². The van der Waals surface area contributed by atoms with Gasteiger partial charge in [0.25, 0.3) is 5.91 Å². The number of ketones is 1. The number of hydrazine groups is 1. The molecule has 160 valence electrons. The smallest absolute Gasteiger partial charge is 0.269 e. The summed E-state index contributed by atoms with van der Waals surface area (Å²) < 4.78 is 0. The van der Waals surface area contributed by atoms with Crippen molar-refractivity contribution in [3.05, 3.63) is 77.9 Å². The van der Waals surface area contributed by atoms with E-state index in [2.05, 4.69) is 29.6 Å². The predicted octanol–water partition coefficient (Wildman–Crippen LogP) is 4.11. The Hall–Kier alpha value is -3.67. The molecule has 0 saturated heterocycles. The van der Waals surface area contributed by atoms with Gasteiger partial charge in [-0.05, 0) is 55.0 Å². The molecule has 31 heavy (non-hydrogen) atoms. The fourth-order valence-corrected chi connectivity index (χ4v) is 3.41. The van der Waals surface area contributed by atoms with Crippen LogP contribution in [0.4, 0.5) is 5.69 Å². The molecule has 0 atom stereocenters. The van der Waals surface area contributed by atoms with Crippen molar-refractivity contribution in [1.29, 1.82) is 0 Å². The van der Waals surface area contributed by atoms with Gasteiger partial charge in [-0.1, -0.05) is 36.4 Å². The first-order valence-corrected chi connectivity index (χ1v) is 10.5. The number of amides is 2. The molecule has 3 aromatic carbocycles. The van der Waals surface area contributed by atoms with Crippen molar-refractivity contribution in [2.75, 3.05) is 18.0 Å². The highest BCUT2D eigenvalue weighted by molar-refractivity contribution is 6.01. The first kappa shape index (κ1) is 22.0. The van der Waals surface area contributed by atoms with Gasteiger partial charge in [0, 0.05) is 42.7 Å². The predicted molar refractivity (Wildman–Crippen MR) is 123 cm³/mol. The second kappa shape index (κ2) is 10.4. The molecule has 6 nitrogen and oxygen atoms in total. The van der Waals surface area contributed by atoms with Gasteiger partial charge in [-0.25, -0.2) is 0 Å². The molecular formula is C25H27N3O3. The Morgan fingerprint density at radius 1 is 0.742 bits per heavy atom. The number of carbonyl (C=O) groups excluding carboxylic acids is 3. The fraction of sp³-hybridized carbons (Fsp3) is 0.240. The summed E-state index contributed by atoms with van der Waals surface area (Å²) in [6.07, 6.45) is 0.0610. The van der Waals surface area contributed by atoms with Crippen molar-refractivity contribution >= 4 is 34.1 Å². The van der Waals surface area contributed by atoms with Gasteiger partial charge in [-0.2, -0.15) is 0 Å². The molecular weight excluding hydrogens is 390 g/mol. The van der Waals surface area contributed by atoms with Gasteiger partial charge in [-0.15, -0.1) is 0 Å². The lowest BCUT2D eigenvalue weighted by Crippen LogP contribution is -2.41. The van der Waals surface area contributed by atoms with E-state index in [1.807, 2.05) is 48.5 Å². The molecule has 0 aliphatic carbocycles. The Labute approximate surface area is 182 Å². The van der Waals surface area contributed by atoms with Crippen LogP contribution in [0.3, 0.4) is 0 Å². The molecule has 3 aromatic rings. The van der Waals surface area contributed by atoms with E-state index in [1.165, 1.54) is 0 Å². The first-order valence-electron chi connectivity index (χ1n) is 10.5. The van der Waals surface area contributed by atoms with Crippen LogP contribution < -0.4 is 15.8 Å². The van der Waals surface area contributed by atoms with E-state index in [9.17, 15) is 14.4 Å². The molecule has 0 unspecified atom stereocenters. The van der Waals surface area contributed by atoms with Gasteiger partial charge >= 0.3 is 0 Å². The summed E-state index contributed by atoms with van der Waals surface area (Å²) in [5.41, 5.74) is 6.84. The summed E-state index contributed by atoms with van der Waals surface area (Å²) in [5, 5.41) is 2.04. The average Bonchev–Trinajstić information content (AvgIpc) is 2.81. The van der Waals surface area contributed by atoms with Crippen molar-refractivity contribution in [3.63, 3.8) is 0 Å². The zero-order chi connectivity index (χ0) is 22.2. The number of nitrogens with one attached hydrogen (secondary N) is 2. The summed E-state index contributed by atoms with van der Waals surface area (Å²) in [7, 11) is 0. The normalized spacial score (nSPS) is 10.5. The highest BCUT2D eigenvalue weighted by atomic mass is 16.2. The molecule has 6 heteroatoms. The van der Waals surface area contributed by atoms with E-state index in [0.29, 0.717) is 11.1 Å². The fourth-order valence-electron chi connectivity index (χ4n) is 3.41. The van der Waals surface area contributed by atoms with Crippen LogP contribution >= 0.6 is 0 Å². The van der Waals surface area contributed by atoms with Gasteiger partial charge in [0.05, 0.1) is 0 Å². The van der Waals surface area contributed by atoms with Crippen LogP contribution in [0, 0.1) is 0 Å². The zero-order valence-electron chi connectivity index (χ0n) is 17.9. The molecule has 2 amide bonds. The Morgan fingerprint density at radius 3 is 2.06 bits per heavy atom. The molecule has 0 fully saturated rings. The van der Waals surface area contributed by atoms with Crippen LogP contribution in [0.15, 0.2) is 66.7 Å². The van der Waals surface area contributed by atoms with Crippen molar-refractivity contribution in [1.82, 2.24) is 10.9 Å². The largest absolute Gasteiger partial charge is 0.372 e. The van der Waals surface area contributed by atoms with Crippen molar-refractivity contribution in [2.24, 2.45) is 0 Å². The molecule has 0 aliphatic rings. The standard InChI is InChI=1S/C25H27N3O3/c1-3-28(4-2)22-13-11-19(12-14-22)25(31)27-26-24(30)16-15-23(29)21-10-9-18-7-5-6-8-20(18)17-21/h5-14,17H,3-4,15-16H2,1-2H3,(H,26,30)(H,27,31). The Bertz CT molecular complexity index is 1070. The summed E-state index contributed by atoms with van der Waals surface area (Å²) in [6.45, 7) is 5.92. The summed E-state index contributed by atoms with van der Waals surface area (Å²) in [4.78, 5) is 38.9. The summed E-state index contributed by atoms with van der Waals surface area (Å²) in [5.74, 6) is -0.929. The monoisotopic (exact) mass is 417 g/mol. The summed E-state index contributed by atoms with van der Waals surface area (Å²) >= 11 is 0. The van der Waals surface area contributed by atoms with E-state index >= 15 is 0 Å². The number of benzene rings is 3. The van der Waals surface area contributed by atoms with E-state index in [4.69, 9.17) is 0 Å². The van der Waals surface area contributed by atoms with Gasteiger partial charge < -0.3 is 4.90 Å². The Morgan fingerprint density at radius 2 is 1.39 bits per heavy atom. The number of hydrogen-bond donors (Lipinski definition) is 2. The molecule has 0 bridgehead atoms. The quantitative estimate of drug-likeness (QED) is 0.427. The number of hydrogen-bond acceptors (Lipinski definition) is 4. The minimum Gasteiger partial charge on any atom is -0.372 e. The Balaban J connectivity index is 1.48. The topological polar surface area (TPSA) is 78.5 Å². The zero-order valence-corrected chi connectivity index (χ0v) is 17.9. The molecule has 0 aliphatic heterocycles. The van der Waals surface area contributed by atoms with Crippen molar-refractivity contribution < 1.29 is 14.4 Å². The average molecular weight is 418 g/mol. The van der Waals surface area contributed by atoms with E-state index in [1.54, 1.807) is 18.2 Å². The van der Waals surface area contributed by atoms with E-state index in [0.717, 1.165) is 29.5 Å². The van der Waals surface area contributed by atoms with Crippen LogP contribution in [-0.2, 0) is 4.79 Å². The van der Waals surface area contributed by atoms with E-state index in [-0.39, 0.29) is 18.6 Å². The number of rotatable bonds is 8. The first-order chi connectivity index (χ1) is 15.0. The number of nitrogens with zero attached hydrogens (tertiary/aromatic N) is 1. The third kappa shape index (κ3) is 5.69.